The molecule has 2 rings (SSSR count). The second-order valence-corrected chi connectivity index (χ2v) is 7.22. The topological polar surface area (TPSA) is 95.5 Å². The largest absolute Gasteiger partial charge is 0.403 e. The van der Waals surface area contributed by atoms with Crippen LogP contribution in [0.15, 0.2) is 0 Å². The van der Waals surface area contributed by atoms with Gasteiger partial charge in [-0.1, -0.05) is 0 Å². The summed E-state index contributed by atoms with van der Waals surface area (Å²) >= 11 is 0. The minimum absolute atomic E-state index is 0.0779. The highest BCUT2D eigenvalue weighted by molar-refractivity contribution is 7.50. The summed E-state index contributed by atoms with van der Waals surface area (Å²) in [6.07, 6.45) is -0.928. The summed E-state index contributed by atoms with van der Waals surface area (Å²) in [4.78, 5) is 9.99. The van der Waals surface area contributed by atoms with E-state index in [0.717, 1.165) is 0 Å². The zero-order valence-electron chi connectivity index (χ0n) is 13.3. The van der Waals surface area contributed by atoms with Crippen molar-refractivity contribution in [3.63, 3.8) is 0 Å². The molecule has 2 heterocycles. The Labute approximate surface area is 138 Å². The van der Waals surface area contributed by atoms with E-state index in [0.29, 0.717) is 12.8 Å². The molecule has 0 aromatic rings. The van der Waals surface area contributed by atoms with E-state index in [1.54, 1.807) is 7.11 Å². The first-order valence-corrected chi connectivity index (χ1v) is 9.02. The van der Waals surface area contributed by atoms with Crippen LogP contribution >= 0.6 is 7.75 Å². The van der Waals surface area contributed by atoms with Gasteiger partial charge in [-0.15, -0.1) is 0 Å². The summed E-state index contributed by atoms with van der Waals surface area (Å²) in [5.41, 5.74) is 0. The molecule has 0 amide bonds. The lowest BCUT2D eigenvalue weighted by Crippen LogP contribution is -2.35. The molecule has 0 saturated carbocycles. The fraction of sp³-hybridized carbons (Fsp3) is 1.00. The van der Waals surface area contributed by atoms with Crippen molar-refractivity contribution in [2.75, 3.05) is 27.4 Å². The predicted molar refractivity (Wildman–Crippen MR) is 83.4 cm³/mol. The van der Waals surface area contributed by atoms with Gasteiger partial charge in [0.15, 0.2) is 0 Å². The summed E-state index contributed by atoms with van der Waals surface area (Å²) in [6.45, 7) is 0.305. The summed E-state index contributed by atoms with van der Waals surface area (Å²) in [5, 5.41) is 2.48. The maximum Gasteiger partial charge on any atom is 0.403 e. The lowest BCUT2D eigenvalue weighted by molar-refractivity contribution is -0.0144. The standard InChI is InChI=1S/C12H22B2NO7P/c1-18-6-10-8(4-12(14)21-10)22-23(16,17)15-5-9-7(19-2)3-11(13)20-9/h7-12H,3-6H2,1-2H3,(H2,15,16,17)/t7?,8?,9-,10-,11-,12-/m1/s1. The zero-order chi connectivity index (χ0) is 17.0. The van der Waals surface area contributed by atoms with Gasteiger partial charge in [0.25, 0.3) is 0 Å². The van der Waals surface area contributed by atoms with Crippen LogP contribution in [0.3, 0.4) is 0 Å². The molecule has 0 aromatic carbocycles. The third kappa shape index (κ3) is 5.54. The van der Waals surface area contributed by atoms with Gasteiger partial charge in [0.05, 0.1) is 24.9 Å². The molecule has 8 nitrogen and oxygen atoms in total. The SMILES string of the molecule is [B][C@H]1CC(OC)[C@@H](CNP(=O)(O)OC2C[C@H]([B])O[C@@H]2COC)O1. The highest BCUT2D eigenvalue weighted by atomic mass is 31.2. The first-order chi connectivity index (χ1) is 10.8. The van der Waals surface area contributed by atoms with Gasteiger partial charge in [-0.05, 0) is 12.8 Å². The average Bonchev–Trinajstić information content (AvgIpc) is 2.99. The maximum atomic E-state index is 12.2. The number of ether oxygens (including phenoxy) is 4. The molecule has 3 unspecified atom stereocenters. The Morgan fingerprint density at radius 3 is 2.39 bits per heavy atom. The Morgan fingerprint density at radius 2 is 1.78 bits per heavy atom. The molecule has 0 aliphatic carbocycles. The van der Waals surface area contributed by atoms with Gasteiger partial charge in [-0.2, -0.15) is 0 Å². The van der Waals surface area contributed by atoms with Crippen molar-refractivity contribution < 1.29 is 32.9 Å². The normalized spacial score (nSPS) is 40.3. The maximum absolute atomic E-state index is 12.2. The van der Waals surface area contributed by atoms with Crippen LogP contribution in [0.1, 0.15) is 12.8 Å². The number of methoxy groups -OCH3 is 2. The molecule has 4 radical (unpaired) electrons. The van der Waals surface area contributed by atoms with Crippen LogP contribution in [0, 0.1) is 0 Å². The van der Waals surface area contributed by atoms with E-state index in [2.05, 4.69) is 5.09 Å². The molecule has 0 aromatic heterocycles. The molecular formula is C12H22B2NO7P. The Kier molecular flexibility index (Phi) is 7.13. The monoisotopic (exact) mass is 345 g/mol. The summed E-state index contributed by atoms with van der Waals surface area (Å²) in [6, 6.07) is -0.993. The fourth-order valence-electron chi connectivity index (χ4n) is 2.77. The summed E-state index contributed by atoms with van der Waals surface area (Å²) in [7, 11) is 10.4. The Balaban J connectivity index is 1.85. The predicted octanol–water partition coefficient (Wildman–Crippen LogP) is -0.710. The molecule has 2 saturated heterocycles. The average molecular weight is 345 g/mol. The molecule has 2 fully saturated rings. The molecule has 0 bridgehead atoms. The zero-order valence-corrected chi connectivity index (χ0v) is 14.2. The molecule has 2 aliphatic rings. The molecule has 11 heteroatoms. The van der Waals surface area contributed by atoms with Crippen LogP contribution in [0.25, 0.3) is 0 Å². The van der Waals surface area contributed by atoms with E-state index < -0.39 is 38.1 Å². The Bertz CT molecular complexity index is 432. The van der Waals surface area contributed by atoms with Gasteiger partial charge in [-0.3, -0.25) is 4.52 Å². The van der Waals surface area contributed by atoms with Crippen LogP contribution in [0.5, 0.6) is 0 Å². The van der Waals surface area contributed by atoms with Gasteiger partial charge in [-0.25, -0.2) is 9.65 Å². The van der Waals surface area contributed by atoms with Crippen molar-refractivity contribution in [3.05, 3.63) is 0 Å². The van der Waals surface area contributed by atoms with E-state index in [4.69, 9.17) is 39.2 Å². The molecule has 2 N–H and O–H groups in total. The number of rotatable bonds is 8. The van der Waals surface area contributed by atoms with Crippen molar-refractivity contribution in [2.24, 2.45) is 0 Å². The fourth-order valence-corrected chi connectivity index (χ4v) is 3.85. The molecular weight excluding hydrogens is 323 g/mol. The summed E-state index contributed by atoms with van der Waals surface area (Å²) < 4.78 is 38.6. The van der Waals surface area contributed by atoms with E-state index in [-0.39, 0.29) is 19.3 Å². The van der Waals surface area contributed by atoms with E-state index in [1.807, 2.05) is 0 Å². The molecule has 2 aliphatic heterocycles. The van der Waals surface area contributed by atoms with Crippen LogP contribution in [0.4, 0.5) is 0 Å². The third-order valence-corrected chi connectivity index (χ3v) is 5.00. The van der Waals surface area contributed by atoms with Gasteiger partial charge in [0, 0.05) is 32.8 Å². The Hall–Kier alpha value is 0.0799. The second-order valence-electron chi connectivity index (χ2n) is 5.65. The van der Waals surface area contributed by atoms with Crippen LogP contribution in [-0.4, -0.2) is 84.4 Å². The van der Waals surface area contributed by atoms with E-state index in [9.17, 15) is 9.46 Å². The van der Waals surface area contributed by atoms with Gasteiger partial charge in [0.2, 0.25) is 0 Å². The first kappa shape index (κ1) is 19.4. The minimum atomic E-state index is -4.06. The van der Waals surface area contributed by atoms with Gasteiger partial charge >= 0.3 is 7.75 Å². The van der Waals surface area contributed by atoms with Crippen molar-refractivity contribution >= 4 is 23.4 Å². The van der Waals surface area contributed by atoms with Crippen LogP contribution in [-0.2, 0) is 28.0 Å². The lowest BCUT2D eigenvalue weighted by atomic mass is 9.96. The summed E-state index contributed by atoms with van der Waals surface area (Å²) in [5.74, 6) is 0. The van der Waals surface area contributed by atoms with Gasteiger partial charge < -0.3 is 23.8 Å². The lowest BCUT2D eigenvalue weighted by Gasteiger charge is -2.24. The number of hydrogen-bond donors (Lipinski definition) is 2. The molecule has 128 valence electrons. The Morgan fingerprint density at radius 1 is 1.17 bits per heavy atom. The molecule has 7 atom stereocenters. The van der Waals surface area contributed by atoms with Crippen LogP contribution in [0.2, 0.25) is 0 Å². The second kappa shape index (κ2) is 8.45. The van der Waals surface area contributed by atoms with Crippen molar-refractivity contribution in [2.45, 2.75) is 49.3 Å². The molecule has 0 spiro atoms. The van der Waals surface area contributed by atoms with Crippen molar-refractivity contribution in [1.82, 2.24) is 5.09 Å². The quantitative estimate of drug-likeness (QED) is 0.440. The highest BCUT2D eigenvalue weighted by Gasteiger charge is 2.39. The van der Waals surface area contributed by atoms with E-state index in [1.165, 1.54) is 7.11 Å². The highest BCUT2D eigenvalue weighted by Crippen LogP contribution is 2.42. The number of nitrogens with one attached hydrogen (secondary N) is 1. The van der Waals surface area contributed by atoms with Crippen molar-refractivity contribution in [1.29, 1.82) is 0 Å². The van der Waals surface area contributed by atoms with Gasteiger partial charge in [0.1, 0.15) is 21.8 Å². The first-order valence-electron chi connectivity index (χ1n) is 7.44. The third-order valence-electron chi connectivity index (χ3n) is 3.86. The molecule has 23 heavy (non-hydrogen) atoms. The number of hydrogen-bond acceptors (Lipinski definition) is 6. The smallest absolute Gasteiger partial charge is 0.382 e. The van der Waals surface area contributed by atoms with Crippen molar-refractivity contribution in [3.8, 4) is 0 Å². The minimum Gasteiger partial charge on any atom is -0.382 e. The van der Waals surface area contributed by atoms with E-state index >= 15 is 0 Å². The van der Waals surface area contributed by atoms with Crippen LogP contribution < -0.4 is 5.09 Å².